The first-order valence-corrected chi connectivity index (χ1v) is 8.51. The van der Waals surface area contributed by atoms with Gasteiger partial charge in [-0.05, 0) is 38.4 Å². The lowest BCUT2D eigenvalue weighted by atomic mass is 9.95. The Labute approximate surface area is 130 Å². The molecule has 0 spiro atoms. The number of anilines is 1. The number of hydrogen-bond acceptors (Lipinski definition) is 4. The van der Waals surface area contributed by atoms with Crippen LogP contribution in [0.3, 0.4) is 0 Å². The molecule has 0 saturated carbocycles. The van der Waals surface area contributed by atoms with E-state index in [9.17, 15) is 9.90 Å². The first-order chi connectivity index (χ1) is 10.1. The predicted octanol–water partition coefficient (Wildman–Crippen LogP) is 1.97. The third-order valence-corrected chi connectivity index (χ3v) is 5.19. The number of hydrogen-bond donors (Lipinski definition) is 1. The van der Waals surface area contributed by atoms with Crippen molar-refractivity contribution in [2.24, 2.45) is 0 Å². The topological polar surface area (TPSA) is 43.8 Å². The number of amides is 1. The van der Waals surface area contributed by atoms with E-state index < -0.39 is 5.60 Å². The molecule has 2 aliphatic rings. The van der Waals surface area contributed by atoms with Gasteiger partial charge in [0.2, 0.25) is 5.91 Å². The third-order valence-electron chi connectivity index (χ3n) is 4.14. The number of β-amino-alcohol motifs (C(OH)–C–C–N with tert-alkyl or cyclic N) is 1. The summed E-state index contributed by atoms with van der Waals surface area (Å²) in [6.45, 7) is 4.51. The fourth-order valence-corrected chi connectivity index (χ4v) is 4.16. The van der Waals surface area contributed by atoms with Crippen LogP contribution in [-0.2, 0) is 4.79 Å². The third kappa shape index (κ3) is 3.42. The molecule has 1 saturated heterocycles. The van der Waals surface area contributed by atoms with E-state index in [2.05, 4.69) is 11.0 Å². The molecule has 1 N–H and O–H groups in total. The van der Waals surface area contributed by atoms with Gasteiger partial charge in [-0.25, -0.2) is 0 Å². The van der Waals surface area contributed by atoms with Crippen molar-refractivity contribution >= 4 is 23.4 Å². The normalized spacial score (nSPS) is 26.5. The van der Waals surface area contributed by atoms with E-state index in [0.29, 0.717) is 13.1 Å². The SMILES string of the molecule is CC1(O)CCCN(CC(=O)N2CCSc3ccccc32)C1. The lowest BCUT2D eigenvalue weighted by molar-refractivity contribution is -0.121. The van der Waals surface area contributed by atoms with E-state index in [1.165, 1.54) is 4.90 Å². The first kappa shape index (κ1) is 14.9. The molecule has 0 bridgehead atoms. The number of nitrogens with zero attached hydrogens (tertiary/aromatic N) is 2. The molecule has 21 heavy (non-hydrogen) atoms. The molecular weight excluding hydrogens is 284 g/mol. The molecule has 3 rings (SSSR count). The number of piperidine rings is 1. The average molecular weight is 306 g/mol. The highest BCUT2D eigenvalue weighted by Crippen LogP contribution is 2.34. The molecule has 2 aliphatic heterocycles. The number of aliphatic hydroxyl groups is 1. The predicted molar refractivity (Wildman–Crippen MR) is 85.8 cm³/mol. The Balaban J connectivity index is 1.69. The van der Waals surface area contributed by atoms with Crippen LogP contribution in [0.15, 0.2) is 29.2 Å². The van der Waals surface area contributed by atoms with Crippen molar-refractivity contribution in [1.82, 2.24) is 4.90 Å². The van der Waals surface area contributed by atoms with E-state index in [4.69, 9.17) is 0 Å². The molecule has 0 radical (unpaired) electrons. The number of benzene rings is 1. The molecule has 2 heterocycles. The van der Waals surface area contributed by atoms with Crippen molar-refractivity contribution in [2.45, 2.75) is 30.3 Å². The quantitative estimate of drug-likeness (QED) is 0.907. The molecule has 4 nitrogen and oxygen atoms in total. The van der Waals surface area contributed by atoms with E-state index in [1.54, 1.807) is 0 Å². The van der Waals surface area contributed by atoms with Crippen molar-refractivity contribution in [3.63, 3.8) is 0 Å². The Hall–Kier alpha value is -1.04. The van der Waals surface area contributed by atoms with Crippen LogP contribution in [0.25, 0.3) is 0 Å². The summed E-state index contributed by atoms with van der Waals surface area (Å²) in [6.07, 6.45) is 1.77. The Kier molecular flexibility index (Phi) is 4.24. The van der Waals surface area contributed by atoms with Gasteiger partial charge < -0.3 is 10.0 Å². The largest absolute Gasteiger partial charge is 0.389 e. The lowest BCUT2D eigenvalue weighted by Crippen LogP contribution is -2.50. The van der Waals surface area contributed by atoms with Gasteiger partial charge in [0, 0.05) is 23.7 Å². The minimum absolute atomic E-state index is 0.139. The summed E-state index contributed by atoms with van der Waals surface area (Å²) in [7, 11) is 0. The zero-order chi connectivity index (χ0) is 14.9. The minimum Gasteiger partial charge on any atom is -0.389 e. The highest BCUT2D eigenvalue weighted by Gasteiger charge is 2.31. The average Bonchev–Trinajstić information content (AvgIpc) is 2.45. The molecule has 1 fully saturated rings. The van der Waals surface area contributed by atoms with E-state index in [0.717, 1.165) is 37.4 Å². The van der Waals surface area contributed by atoms with Crippen LogP contribution in [0, 0.1) is 0 Å². The highest BCUT2D eigenvalue weighted by atomic mass is 32.2. The fourth-order valence-electron chi connectivity index (χ4n) is 3.16. The van der Waals surface area contributed by atoms with Gasteiger partial charge in [0.25, 0.3) is 0 Å². The van der Waals surface area contributed by atoms with Gasteiger partial charge in [0.05, 0.1) is 17.8 Å². The van der Waals surface area contributed by atoms with Gasteiger partial charge >= 0.3 is 0 Å². The number of likely N-dealkylation sites (tertiary alicyclic amines) is 1. The van der Waals surface area contributed by atoms with Gasteiger partial charge in [-0.3, -0.25) is 9.69 Å². The standard InChI is InChI=1S/C16H22N2O2S/c1-16(20)7-4-8-17(12-16)11-15(19)18-9-10-21-14-6-3-2-5-13(14)18/h2-3,5-6,20H,4,7-12H2,1H3. The second-order valence-corrected chi connectivity index (χ2v) is 7.31. The summed E-state index contributed by atoms with van der Waals surface area (Å²) in [5.74, 6) is 1.08. The minimum atomic E-state index is -0.659. The van der Waals surface area contributed by atoms with E-state index in [-0.39, 0.29) is 5.91 Å². The maximum absolute atomic E-state index is 12.6. The number of carbonyl (C=O) groups excluding carboxylic acids is 1. The highest BCUT2D eigenvalue weighted by molar-refractivity contribution is 7.99. The molecule has 114 valence electrons. The molecule has 1 unspecified atom stereocenters. The molecule has 1 aromatic rings. The Bertz CT molecular complexity index is 533. The van der Waals surface area contributed by atoms with Crippen LogP contribution in [0.1, 0.15) is 19.8 Å². The van der Waals surface area contributed by atoms with Crippen LogP contribution >= 0.6 is 11.8 Å². The van der Waals surface area contributed by atoms with Crippen molar-refractivity contribution in [3.8, 4) is 0 Å². The van der Waals surface area contributed by atoms with Crippen LogP contribution in [0.5, 0.6) is 0 Å². The summed E-state index contributed by atoms with van der Waals surface area (Å²) < 4.78 is 0. The maximum atomic E-state index is 12.6. The molecule has 1 atom stereocenters. The number of thioether (sulfide) groups is 1. The van der Waals surface area contributed by atoms with Gasteiger partial charge in [-0.15, -0.1) is 11.8 Å². The van der Waals surface area contributed by atoms with E-state index in [1.807, 2.05) is 41.8 Å². The Morgan fingerprint density at radius 2 is 2.19 bits per heavy atom. The monoisotopic (exact) mass is 306 g/mol. The smallest absolute Gasteiger partial charge is 0.241 e. The number of carbonyl (C=O) groups is 1. The van der Waals surface area contributed by atoms with Crippen LogP contribution in [0.4, 0.5) is 5.69 Å². The van der Waals surface area contributed by atoms with Crippen molar-refractivity contribution in [1.29, 1.82) is 0 Å². The summed E-state index contributed by atoms with van der Waals surface area (Å²) in [6, 6.07) is 8.09. The van der Waals surface area contributed by atoms with Crippen LogP contribution in [0.2, 0.25) is 0 Å². The van der Waals surface area contributed by atoms with Crippen LogP contribution in [-0.4, -0.2) is 53.4 Å². The number of fused-ring (bicyclic) bond motifs is 1. The summed E-state index contributed by atoms with van der Waals surface area (Å²) in [5.41, 5.74) is 0.372. The molecular formula is C16H22N2O2S. The molecule has 5 heteroatoms. The number of rotatable bonds is 2. The zero-order valence-corrected chi connectivity index (χ0v) is 13.2. The zero-order valence-electron chi connectivity index (χ0n) is 12.4. The van der Waals surface area contributed by atoms with Gasteiger partial charge in [0.15, 0.2) is 0 Å². The summed E-state index contributed by atoms with van der Waals surface area (Å²) in [5, 5.41) is 10.2. The Morgan fingerprint density at radius 3 is 3.00 bits per heavy atom. The van der Waals surface area contributed by atoms with Crippen LogP contribution < -0.4 is 4.90 Å². The van der Waals surface area contributed by atoms with Gasteiger partial charge in [-0.2, -0.15) is 0 Å². The molecule has 0 aromatic heterocycles. The van der Waals surface area contributed by atoms with Gasteiger partial charge in [-0.1, -0.05) is 12.1 Å². The molecule has 1 aromatic carbocycles. The van der Waals surface area contributed by atoms with E-state index >= 15 is 0 Å². The van der Waals surface area contributed by atoms with Gasteiger partial charge in [0.1, 0.15) is 0 Å². The number of para-hydroxylation sites is 1. The maximum Gasteiger partial charge on any atom is 0.241 e. The second-order valence-electron chi connectivity index (χ2n) is 6.17. The Morgan fingerprint density at radius 1 is 1.38 bits per heavy atom. The summed E-state index contributed by atoms with van der Waals surface area (Å²) in [4.78, 5) is 17.8. The summed E-state index contributed by atoms with van der Waals surface area (Å²) >= 11 is 1.81. The molecule has 1 amide bonds. The molecule has 0 aliphatic carbocycles. The van der Waals surface area contributed by atoms with Crippen molar-refractivity contribution in [3.05, 3.63) is 24.3 Å². The first-order valence-electron chi connectivity index (χ1n) is 7.52. The fraction of sp³-hybridized carbons (Fsp3) is 0.562. The lowest BCUT2D eigenvalue weighted by Gasteiger charge is -2.38. The second kappa shape index (κ2) is 5.99. The van der Waals surface area contributed by atoms with Crippen molar-refractivity contribution in [2.75, 3.05) is 36.8 Å². The van der Waals surface area contributed by atoms with Crippen molar-refractivity contribution < 1.29 is 9.90 Å².